The Hall–Kier alpha value is -2.77. The monoisotopic (exact) mass is 398 g/mol. The molecule has 0 atom stereocenters. The van der Waals surface area contributed by atoms with Gasteiger partial charge in [0.1, 0.15) is 5.70 Å². The highest BCUT2D eigenvalue weighted by atomic mass is 32.2. The number of hydrogen-bond acceptors (Lipinski definition) is 6. The third kappa shape index (κ3) is 4.55. The molecule has 146 valence electrons. The molecule has 28 heavy (non-hydrogen) atoms. The topological polar surface area (TPSA) is 78.9 Å². The largest absolute Gasteiger partial charge is 0.466 e. The van der Waals surface area contributed by atoms with Gasteiger partial charge >= 0.3 is 5.97 Å². The third-order valence-corrected chi connectivity index (χ3v) is 5.35. The number of aliphatic hydroxyl groups excluding tert-OH is 1. The van der Waals surface area contributed by atoms with Gasteiger partial charge < -0.3 is 20.1 Å². The predicted octanol–water partition coefficient (Wildman–Crippen LogP) is 2.82. The molecule has 3 rings (SSSR count). The molecular weight excluding hydrogens is 376 g/mol. The molecule has 1 heterocycles. The summed E-state index contributed by atoms with van der Waals surface area (Å²) in [7, 11) is 1.28. The number of benzene rings is 2. The fourth-order valence-corrected chi connectivity index (χ4v) is 3.66. The van der Waals surface area contributed by atoms with E-state index >= 15 is 0 Å². The number of β-amino-alcohol motifs (C(OH)–C–C–N with tert-alkyl or cyclic N) is 1. The number of rotatable bonds is 7. The van der Waals surface area contributed by atoms with E-state index in [-0.39, 0.29) is 36.9 Å². The minimum absolute atomic E-state index is 0.121. The van der Waals surface area contributed by atoms with E-state index in [4.69, 9.17) is 9.84 Å². The van der Waals surface area contributed by atoms with Crippen molar-refractivity contribution >= 4 is 29.3 Å². The summed E-state index contributed by atoms with van der Waals surface area (Å²) in [5.74, 6) is -0.879. The Morgan fingerprint density at radius 3 is 2.32 bits per heavy atom. The van der Waals surface area contributed by atoms with Gasteiger partial charge in [-0.3, -0.25) is 4.79 Å². The SMILES string of the molecule is COC(=O)C1=C(Nc2ccc(Sc3ccc(C)cc3)cc2)C(=O)N(CCO)C1. The molecule has 1 aliphatic rings. The number of nitrogens with one attached hydrogen (secondary N) is 1. The van der Waals surface area contributed by atoms with Crippen LogP contribution >= 0.6 is 11.8 Å². The summed E-state index contributed by atoms with van der Waals surface area (Å²) in [6, 6.07) is 15.9. The molecule has 0 bridgehead atoms. The van der Waals surface area contributed by atoms with Crippen molar-refractivity contribution in [2.24, 2.45) is 0 Å². The van der Waals surface area contributed by atoms with Crippen molar-refractivity contribution in [3.63, 3.8) is 0 Å². The predicted molar refractivity (Wildman–Crippen MR) is 108 cm³/mol. The van der Waals surface area contributed by atoms with Gasteiger partial charge in [0.25, 0.3) is 5.91 Å². The van der Waals surface area contributed by atoms with E-state index in [1.807, 2.05) is 24.3 Å². The zero-order chi connectivity index (χ0) is 20.1. The Bertz CT molecular complexity index is 892. The van der Waals surface area contributed by atoms with Gasteiger partial charge in [0.2, 0.25) is 0 Å². The van der Waals surface area contributed by atoms with Gasteiger partial charge in [0, 0.05) is 22.0 Å². The number of hydrogen-bond donors (Lipinski definition) is 2. The first kappa shape index (κ1) is 20.0. The van der Waals surface area contributed by atoms with Gasteiger partial charge in [-0.05, 0) is 43.3 Å². The first-order valence-electron chi connectivity index (χ1n) is 8.85. The molecule has 2 N–H and O–H groups in total. The van der Waals surface area contributed by atoms with Gasteiger partial charge in [0.15, 0.2) is 0 Å². The number of nitrogens with zero attached hydrogens (tertiary/aromatic N) is 1. The second-order valence-corrected chi connectivity index (χ2v) is 7.51. The lowest BCUT2D eigenvalue weighted by Crippen LogP contribution is -2.31. The van der Waals surface area contributed by atoms with E-state index in [2.05, 4.69) is 36.5 Å². The van der Waals surface area contributed by atoms with E-state index < -0.39 is 5.97 Å². The number of ether oxygens (including phenoxy) is 1. The van der Waals surface area contributed by atoms with Gasteiger partial charge in [0.05, 0.1) is 25.8 Å². The number of aliphatic hydroxyl groups is 1. The number of anilines is 1. The Labute approximate surface area is 168 Å². The Morgan fingerprint density at radius 2 is 1.75 bits per heavy atom. The van der Waals surface area contributed by atoms with E-state index in [1.165, 1.54) is 17.6 Å². The molecule has 2 aromatic carbocycles. The fraction of sp³-hybridized carbons (Fsp3) is 0.238. The Morgan fingerprint density at radius 1 is 1.14 bits per heavy atom. The number of methoxy groups -OCH3 is 1. The number of esters is 1. The first-order chi connectivity index (χ1) is 13.5. The molecule has 0 aromatic heterocycles. The second-order valence-electron chi connectivity index (χ2n) is 6.36. The minimum Gasteiger partial charge on any atom is -0.466 e. The lowest BCUT2D eigenvalue weighted by molar-refractivity contribution is -0.136. The lowest BCUT2D eigenvalue weighted by Gasteiger charge is -2.15. The van der Waals surface area contributed by atoms with Crippen LogP contribution in [0, 0.1) is 6.92 Å². The van der Waals surface area contributed by atoms with Crippen LogP contribution in [0.5, 0.6) is 0 Å². The van der Waals surface area contributed by atoms with Crippen LogP contribution in [0.15, 0.2) is 69.6 Å². The van der Waals surface area contributed by atoms with Crippen LogP contribution in [-0.4, -0.2) is 48.7 Å². The Kier molecular flexibility index (Phi) is 6.38. The smallest absolute Gasteiger partial charge is 0.337 e. The minimum atomic E-state index is -0.553. The molecule has 0 spiro atoms. The van der Waals surface area contributed by atoms with Crippen molar-refractivity contribution in [3.8, 4) is 0 Å². The quantitative estimate of drug-likeness (QED) is 0.699. The summed E-state index contributed by atoms with van der Waals surface area (Å²) in [5, 5.41) is 12.2. The fourth-order valence-electron chi connectivity index (χ4n) is 2.84. The number of carbonyl (C=O) groups is 2. The van der Waals surface area contributed by atoms with E-state index in [0.717, 1.165) is 9.79 Å². The van der Waals surface area contributed by atoms with Crippen LogP contribution < -0.4 is 5.32 Å². The maximum atomic E-state index is 12.5. The van der Waals surface area contributed by atoms with Crippen molar-refractivity contribution in [2.75, 3.05) is 32.1 Å². The highest BCUT2D eigenvalue weighted by Gasteiger charge is 2.34. The molecule has 0 radical (unpaired) electrons. The van der Waals surface area contributed by atoms with E-state index in [0.29, 0.717) is 5.69 Å². The first-order valence-corrected chi connectivity index (χ1v) is 9.66. The van der Waals surface area contributed by atoms with Crippen molar-refractivity contribution in [2.45, 2.75) is 16.7 Å². The molecule has 6 nitrogen and oxygen atoms in total. The summed E-state index contributed by atoms with van der Waals surface area (Å²) in [6.07, 6.45) is 0. The molecule has 1 amide bonds. The summed E-state index contributed by atoms with van der Waals surface area (Å²) >= 11 is 1.65. The van der Waals surface area contributed by atoms with Gasteiger partial charge in [-0.2, -0.15) is 0 Å². The zero-order valence-electron chi connectivity index (χ0n) is 15.8. The van der Waals surface area contributed by atoms with Crippen LogP contribution in [0.1, 0.15) is 5.56 Å². The highest BCUT2D eigenvalue weighted by Crippen LogP contribution is 2.29. The number of aryl methyl sites for hydroxylation is 1. The summed E-state index contributed by atoms with van der Waals surface area (Å²) in [5.41, 5.74) is 2.37. The molecule has 2 aromatic rings. The normalized spacial score (nSPS) is 13.8. The van der Waals surface area contributed by atoms with Crippen LogP contribution in [-0.2, 0) is 14.3 Å². The molecule has 0 saturated heterocycles. The summed E-state index contributed by atoms with van der Waals surface area (Å²) in [6.45, 7) is 2.17. The molecule has 1 aliphatic heterocycles. The molecule has 0 aliphatic carbocycles. The summed E-state index contributed by atoms with van der Waals surface area (Å²) in [4.78, 5) is 28.2. The lowest BCUT2D eigenvalue weighted by atomic mass is 10.2. The van der Waals surface area contributed by atoms with Crippen LogP contribution in [0.25, 0.3) is 0 Å². The molecule has 0 fully saturated rings. The van der Waals surface area contributed by atoms with Crippen LogP contribution in [0.4, 0.5) is 5.69 Å². The molecule has 0 unspecified atom stereocenters. The van der Waals surface area contributed by atoms with Gasteiger partial charge in [-0.15, -0.1) is 0 Å². The van der Waals surface area contributed by atoms with Crippen molar-refractivity contribution in [3.05, 3.63) is 65.4 Å². The van der Waals surface area contributed by atoms with Crippen molar-refractivity contribution in [1.29, 1.82) is 0 Å². The third-order valence-electron chi connectivity index (χ3n) is 4.33. The molecule has 0 saturated carbocycles. The maximum Gasteiger partial charge on any atom is 0.337 e. The molecular formula is C21H22N2O4S. The van der Waals surface area contributed by atoms with Gasteiger partial charge in [-0.25, -0.2) is 4.79 Å². The van der Waals surface area contributed by atoms with Crippen molar-refractivity contribution < 1.29 is 19.4 Å². The van der Waals surface area contributed by atoms with Gasteiger partial charge in [-0.1, -0.05) is 29.5 Å². The number of carbonyl (C=O) groups excluding carboxylic acids is 2. The standard InChI is InChI=1S/C21H22N2O4S/c1-14-3-7-16(8-4-14)28-17-9-5-15(6-10-17)22-19-18(21(26)27-2)13-23(11-12-24)20(19)25/h3-10,22,24H,11-13H2,1-2H3. The van der Waals surface area contributed by atoms with Crippen LogP contribution in [0.2, 0.25) is 0 Å². The van der Waals surface area contributed by atoms with E-state index in [9.17, 15) is 9.59 Å². The average Bonchev–Trinajstić information content (AvgIpc) is 3.01. The maximum absolute atomic E-state index is 12.5. The van der Waals surface area contributed by atoms with Crippen molar-refractivity contribution in [1.82, 2.24) is 4.90 Å². The second kappa shape index (κ2) is 8.95. The number of amides is 1. The average molecular weight is 398 g/mol. The van der Waals surface area contributed by atoms with Crippen LogP contribution in [0.3, 0.4) is 0 Å². The van der Waals surface area contributed by atoms with E-state index in [1.54, 1.807) is 11.8 Å². The highest BCUT2D eigenvalue weighted by molar-refractivity contribution is 7.99. The Balaban J connectivity index is 1.75. The summed E-state index contributed by atoms with van der Waals surface area (Å²) < 4.78 is 4.79. The molecule has 7 heteroatoms. The zero-order valence-corrected chi connectivity index (χ0v) is 16.6.